The maximum absolute atomic E-state index is 10.3. The van der Waals surface area contributed by atoms with Gasteiger partial charge in [-0.3, -0.25) is 0 Å². The Balaban J connectivity index is 2.21. The van der Waals surface area contributed by atoms with Gasteiger partial charge in [0.2, 0.25) is 0 Å². The molecule has 0 amide bonds. The van der Waals surface area contributed by atoms with Gasteiger partial charge in [-0.05, 0) is 0 Å². The van der Waals surface area contributed by atoms with Gasteiger partial charge in [-0.1, -0.05) is 0 Å². The van der Waals surface area contributed by atoms with Gasteiger partial charge in [-0.2, -0.15) is 0 Å². The summed E-state index contributed by atoms with van der Waals surface area (Å²) in [7, 11) is 0. The molecule has 0 saturated carbocycles. The summed E-state index contributed by atoms with van der Waals surface area (Å²) in [6, 6.07) is 20.1. The van der Waals surface area contributed by atoms with Crippen molar-refractivity contribution in [1.82, 2.24) is 0 Å². The normalized spacial score (nSPS) is 11.7. The minimum absolute atomic E-state index is 0.0743. The van der Waals surface area contributed by atoms with E-state index in [-0.39, 0.29) is 15.0 Å². The van der Waals surface area contributed by atoms with Gasteiger partial charge < -0.3 is 0 Å². The molecule has 2 aromatic rings. The summed E-state index contributed by atoms with van der Waals surface area (Å²) >= 11 is 0.0743. The van der Waals surface area contributed by atoms with Crippen LogP contribution in [0.2, 0.25) is 0 Å². The molecule has 0 radical (unpaired) electrons. The second-order valence-electron chi connectivity index (χ2n) is 5.12. The topological polar surface area (TPSA) is 20.2 Å². The molecule has 0 aliphatic heterocycles. The fraction of sp³-hybridized carbons (Fsp3) is 0.158. The van der Waals surface area contributed by atoms with Crippen molar-refractivity contribution in [1.29, 1.82) is 0 Å². The van der Waals surface area contributed by atoms with E-state index in [0.29, 0.717) is 0 Å². The van der Waals surface area contributed by atoms with Crippen LogP contribution in [-0.2, 0) is 0 Å². The summed E-state index contributed by atoms with van der Waals surface area (Å²) < 4.78 is 2.21. The summed E-state index contributed by atoms with van der Waals surface area (Å²) in [6.45, 7) is 3.63. The summed E-state index contributed by atoms with van der Waals surface area (Å²) in [5.41, 5.74) is 0.136. The molecule has 2 rings (SSSR count). The van der Waals surface area contributed by atoms with Crippen molar-refractivity contribution in [3.05, 3.63) is 76.8 Å². The molecule has 0 aliphatic carbocycles. The fourth-order valence-corrected chi connectivity index (χ4v) is 3.57. The number of hydrogen-bond donors (Lipinski definition) is 1. The fourth-order valence-electron chi connectivity index (χ4n) is 1.65. The number of rotatable bonds is 3. The molecule has 2 heteroatoms. The Kier molecular flexibility index (Phi) is 5.42. The van der Waals surface area contributed by atoms with Crippen LogP contribution in [0.25, 0.3) is 0 Å². The molecule has 0 aliphatic rings. The summed E-state index contributed by atoms with van der Waals surface area (Å²) in [5, 5.41) is 10.3. The van der Waals surface area contributed by atoms with Crippen molar-refractivity contribution in [2.75, 3.05) is 0 Å². The van der Waals surface area contributed by atoms with Gasteiger partial charge in [0.25, 0.3) is 0 Å². The molecule has 0 unspecified atom stereocenters. The van der Waals surface area contributed by atoms with Crippen LogP contribution in [0.4, 0.5) is 0 Å². The molecule has 1 nitrogen and oxygen atoms in total. The van der Waals surface area contributed by atoms with Crippen LogP contribution in [0.3, 0.4) is 0 Å². The monoisotopic (exact) mass is 342 g/mol. The van der Waals surface area contributed by atoms with E-state index >= 15 is 0 Å². The first-order chi connectivity index (χ1) is 10.1. The van der Waals surface area contributed by atoms with Crippen molar-refractivity contribution < 1.29 is 5.11 Å². The number of benzene rings is 2. The molecule has 1 N–H and O–H groups in total. The van der Waals surface area contributed by atoms with Gasteiger partial charge in [-0.15, -0.1) is 0 Å². The molecule has 0 fully saturated rings. The third-order valence-corrected chi connectivity index (χ3v) is 5.59. The van der Waals surface area contributed by atoms with Gasteiger partial charge >= 0.3 is 133 Å². The van der Waals surface area contributed by atoms with E-state index in [4.69, 9.17) is 0 Å². The van der Waals surface area contributed by atoms with E-state index in [0.717, 1.165) is 10.0 Å². The van der Waals surface area contributed by atoms with E-state index in [2.05, 4.69) is 24.0 Å². The first-order valence-corrected chi connectivity index (χ1v) is 8.49. The number of hydrogen-bond acceptors (Lipinski definition) is 1. The molecular formula is C19H18OSe. The minimum atomic E-state index is -0.846. The van der Waals surface area contributed by atoms with Crippen LogP contribution in [0, 0.1) is 11.8 Å². The number of allylic oxidation sites excluding steroid dienone is 1. The molecule has 0 spiro atoms. The molecule has 0 bridgehead atoms. The van der Waals surface area contributed by atoms with Crippen molar-refractivity contribution in [3.8, 4) is 11.8 Å². The van der Waals surface area contributed by atoms with E-state index in [9.17, 15) is 5.11 Å². The molecule has 2 aromatic carbocycles. The molecule has 0 atom stereocenters. The molecule has 106 valence electrons. The molecule has 0 saturated heterocycles. The zero-order valence-corrected chi connectivity index (χ0v) is 13.9. The Morgan fingerprint density at radius 3 is 2.14 bits per heavy atom. The van der Waals surface area contributed by atoms with Crippen LogP contribution >= 0.6 is 0 Å². The van der Waals surface area contributed by atoms with E-state index < -0.39 is 5.60 Å². The molecule has 0 heterocycles. The Hall–Kier alpha value is -1.78. The Bertz CT molecular complexity index is 655. The third kappa shape index (κ3) is 5.25. The predicted octanol–water partition coefficient (Wildman–Crippen LogP) is 2.72. The third-order valence-electron chi connectivity index (χ3n) is 2.77. The van der Waals surface area contributed by atoms with Gasteiger partial charge in [0.05, 0.1) is 0 Å². The SMILES string of the molecule is CC(C)(O)/C(=C/C#Cc1ccccc1)[Se]c1ccccc1. The van der Waals surface area contributed by atoms with Crippen LogP contribution in [0.5, 0.6) is 0 Å². The van der Waals surface area contributed by atoms with E-state index in [1.54, 1.807) is 0 Å². The van der Waals surface area contributed by atoms with Crippen molar-refractivity contribution in [2.45, 2.75) is 19.4 Å². The average molecular weight is 341 g/mol. The number of aliphatic hydroxyl groups is 1. The van der Waals surface area contributed by atoms with Gasteiger partial charge in [0.15, 0.2) is 0 Å². The van der Waals surface area contributed by atoms with Gasteiger partial charge in [-0.25, -0.2) is 0 Å². The van der Waals surface area contributed by atoms with Crippen LogP contribution in [0.15, 0.2) is 71.2 Å². The van der Waals surface area contributed by atoms with Crippen LogP contribution in [-0.4, -0.2) is 25.7 Å². The first kappa shape index (κ1) is 15.6. The second-order valence-corrected chi connectivity index (χ2v) is 7.46. The summed E-state index contributed by atoms with van der Waals surface area (Å²) in [5.74, 6) is 6.18. The summed E-state index contributed by atoms with van der Waals surface area (Å²) in [6.07, 6.45) is 1.86. The standard InChI is InChI=1S/C19H18OSe/c1-19(2,20)18(21-17-13-7-4-8-14-17)15-9-12-16-10-5-3-6-11-16/h3-8,10-11,13-15,20H,1-2H3/b18-15-. The predicted molar refractivity (Wildman–Crippen MR) is 89.5 cm³/mol. The van der Waals surface area contributed by atoms with Gasteiger partial charge in [0, 0.05) is 0 Å². The van der Waals surface area contributed by atoms with Crippen molar-refractivity contribution in [2.24, 2.45) is 0 Å². The van der Waals surface area contributed by atoms with E-state index in [1.165, 1.54) is 4.46 Å². The molecule has 21 heavy (non-hydrogen) atoms. The van der Waals surface area contributed by atoms with E-state index in [1.807, 2.05) is 68.5 Å². The van der Waals surface area contributed by atoms with Crippen molar-refractivity contribution >= 4 is 19.4 Å². The summed E-state index contributed by atoms with van der Waals surface area (Å²) in [4.78, 5) is 0. The van der Waals surface area contributed by atoms with Crippen molar-refractivity contribution in [3.63, 3.8) is 0 Å². The van der Waals surface area contributed by atoms with Crippen LogP contribution in [0.1, 0.15) is 19.4 Å². The van der Waals surface area contributed by atoms with Gasteiger partial charge in [0.1, 0.15) is 0 Å². The average Bonchev–Trinajstić information content (AvgIpc) is 2.47. The molecule has 0 aromatic heterocycles. The quantitative estimate of drug-likeness (QED) is 0.672. The van der Waals surface area contributed by atoms with Crippen LogP contribution < -0.4 is 4.46 Å². The first-order valence-electron chi connectivity index (χ1n) is 6.78. The zero-order valence-electron chi connectivity index (χ0n) is 12.2. The molecular weight excluding hydrogens is 323 g/mol. The Labute approximate surface area is 132 Å². The zero-order chi connectivity index (χ0) is 15.1. The second kappa shape index (κ2) is 7.29. The Morgan fingerprint density at radius 1 is 1.00 bits per heavy atom. The maximum atomic E-state index is 10.3. The Morgan fingerprint density at radius 2 is 1.57 bits per heavy atom.